The molecule has 0 aliphatic carbocycles. The Morgan fingerprint density at radius 3 is 2.84 bits per heavy atom. The van der Waals surface area contributed by atoms with E-state index in [-0.39, 0.29) is 12.5 Å². The summed E-state index contributed by atoms with van der Waals surface area (Å²) in [5, 5.41) is 9.32. The summed E-state index contributed by atoms with van der Waals surface area (Å²) in [6.07, 6.45) is 1.65. The van der Waals surface area contributed by atoms with Crippen LogP contribution in [0.15, 0.2) is 48.8 Å². The van der Waals surface area contributed by atoms with Gasteiger partial charge in [0.2, 0.25) is 0 Å². The van der Waals surface area contributed by atoms with Gasteiger partial charge in [-0.15, -0.1) is 5.10 Å². The minimum absolute atomic E-state index is 0.0978. The number of carbonyl (C=O) groups excluding carboxylic acids is 1. The summed E-state index contributed by atoms with van der Waals surface area (Å²) in [6, 6.07) is 12.6. The van der Waals surface area contributed by atoms with Crippen LogP contribution < -0.4 is 19.5 Å². The van der Waals surface area contributed by atoms with Gasteiger partial charge in [-0.2, -0.15) is 0 Å². The second kappa shape index (κ2) is 6.60. The van der Waals surface area contributed by atoms with Crippen molar-refractivity contribution >= 4 is 11.6 Å². The standard InChI is InChI=1S/C17H16N4O4/c22-17(19-12-4-5-15-16(8-12)24-7-6-23-15)10-25-14-3-1-2-13(9-14)21-11-18-20-21/h1-5,8-9,11,20H,6-7,10H2,(H,19,22). The largest absolute Gasteiger partial charge is 0.486 e. The van der Waals surface area contributed by atoms with Crippen LogP contribution in [0.4, 0.5) is 5.69 Å². The summed E-state index contributed by atoms with van der Waals surface area (Å²) in [5.74, 6) is 1.64. The van der Waals surface area contributed by atoms with E-state index in [1.54, 1.807) is 35.3 Å². The lowest BCUT2D eigenvalue weighted by molar-refractivity contribution is -0.118. The smallest absolute Gasteiger partial charge is 0.262 e. The van der Waals surface area contributed by atoms with Crippen molar-refractivity contribution in [3.05, 3.63) is 48.8 Å². The number of amides is 1. The molecule has 3 aromatic rings. The number of hydrogen-bond donors (Lipinski definition) is 2. The van der Waals surface area contributed by atoms with Gasteiger partial charge in [0, 0.05) is 17.8 Å². The summed E-state index contributed by atoms with van der Waals surface area (Å²) >= 11 is 0. The Labute approximate surface area is 143 Å². The molecule has 1 aliphatic heterocycles. The summed E-state index contributed by atoms with van der Waals surface area (Å²) in [7, 11) is 0. The molecular weight excluding hydrogens is 324 g/mol. The van der Waals surface area contributed by atoms with Gasteiger partial charge in [-0.05, 0) is 24.3 Å². The van der Waals surface area contributed by atoms with Crippen LogP contribution in [0.3, 0.4) is 0 Å². The molecule has 0 radical (unpaired) electrons. The molecule has 1 aromatic heterocycles. The van der Waals surface area contributed by atoms with E-state index in [9.17, 15) is 4.79 Å². The molecule has 2 aromatic carbocycles. The number of anilines is 1. The first-order chi connectivity index (χ1) is 12.3. The lowest BCUT2D eigenvalue weighted by atomic mass is 10.2. The number of hydrogen-bond acceptors (Lipinski definition) is 5. The summed E-state index contributed by atoms with van der Waals surface area (Å²) < 4.78 is 18.2. The number of fused-ring (bicyclic) bond motifs is 1. The number of rotatable bonds is 5. The minimum Gasteiger partial charge on any atom is -0.486 e. The van der Waals surface area contributed by atoms with Gasteiger partial charge in [-0.1, -0.05) is 6.07 Å². The molecule has 2 N–H and O–H groups in total. The highest BCUT2D eigenvalue weighted by Crippen LogP contribution is 2.32. The number of nitrogens with zero attached hydrogens (tertiary/aromatic N) is 2. The summed E-state index contributed by atoms with van der Waals surface area (Å²) in [5.41, 5.74) is 1.51. The molecule has 0 atom stereocenters. The average Bonchev–Trinajstić information content (AvgIpc) is 2.59. The number of aromatic nitrogens is 3. The number of aromatic amines is 1. The lowest BCUT2D eigenvalue weighted by Gasteiger charge is -2.19. The third kappa shape index (κ3) is 3.42. The normalized spacial score (nSPS) is 12.6. The Hall–Kier alpha value is -3.42. The van der Waals surface area contributed by atoms with Crippen molar-refractivity contribution in [2.75, 3.05) is 25.1 Å². The van der Waals surface area contributed by atoms with Gasteiger partial charge in [0.05, 0.1) is 5.69 Å². The second-order valence-electron chi connectivity index (χ2n) is 5.41. The Morgan fingerprint density at radius 2 is 2.04 bits per heavy atom. The van der Waals surface area contributed by atoms with E-state index in [4.69, 9.17) is 14.2 Å². The lowest BCUT2D eigenvalue weighted by Crippen LogP contribution is -2.21. The molecule has 1 aliphatic rings. The first-order valence-electron chi connectivity index (χ1n) is 7.78. The van der Waals surface area contributed by atoms with Gasteiger partial charge in [-0.3, -0.25) is 4.79 Å². The van der Waals surface area contributed by atoms with E-state index >= 15 is 0 Å². The van der Waals surface area contributed by atoms with E-state index in [1.165, 1.54) is 0 Å². The van der Waals surface area contributed by atoms with Crippen LogP contribution in [0.5, 0.6) is 17.2 Å². The average molecular weight is 340 g/mol. The molecule has 4 rings (SSSR count). The second-order valence-corrected chi connectivity index (χ2v) is 5.41. The predicted octanol–water partition coefficient (Wildman–Crippen LogP) is 1.99. The van der Waals surface area contributed by atoms with Gasteiger partial charge in [-0.25, -0.2) is 9.90 Å². The topological polar surface area (TPSA) is 90.4 Å². The Balaban J connectivity index is 1.35. The third-order valence-electron chi connectivity index (χ3n) is 3.63. The highest BCUT2D eigenvalue weighted by Gasteiger charge is 2.13. The minimum atomic E-state index is -0.259. The molecule has 1 amide bonds. The van der Waals surface area contributed by atoms with Crippen LogP contribution in [0, 0.1) is 0 Å². The first-order valence-corrected chi connectivity index (χ1v) is 7.78. The zero-order valence-electron chi connectivity index (χ0n) is 13.3. The number of ether oxygens (including phenoxy) is 3. The van der Waals surface area contributed by atoms with Crippen molar-refractivity contribution < 1.29 is 19.0 Å². The maximum Gasteiger partial charge on any atom is 0.262 e. The maximum atomic E-state index is 12.1. The Morgan fingerprint density at radius 1 is 1.20 bits per heavy atom. The van der Waals surface area contributed by atoms with E-state index < -0.39 is 0 Å². The SMILES string of the molecule is O=C(COc1cccc(-n2cn[nH]2)c1)Nc1ccc2c(c1)OCCO2. The van der Waals surface area contributed by atoms with Crippen LogP contribution in [0.1, 0.15) is 0 Å². The molecule has 128 valence electrons. The van der Waals surface area contributed by atoms with Gasteiger partial charge >= 0.3 is 0 Å². The van der Waals surface area contributed by atoms with Crippen molar-refractivity contribution in [2.45, 2.75) is 0 Å². The van der Waals surface area contributed by atoms with E-state index in [2.05, 4.69) is 15.6 Å². The van der Waals surface area contributed by atoms with Crippen molar-refractivity contribution in [3.63, 3.8) is 0 Å². The molecule has 8 nitrogen and oxygen atoms in total. The van der Waals surface area contributed by atoms with Crippen LogP contribution in [-0.2, 0) is 4.79 Å². The Bertz CT molecular complexity index is 877. The fourth-order valence-electron chi connectivity index (χ4n) is 2.43. The van der Waals surface area contributed by atoms with E-state index in [1.807, 2.05) is 18.2 Å². The quantitative estimate of drug-likeness (QED) is 0.741. The molecule has 25 heavy (non-hydrogen) atoms. The number of carbonyl (C=O) groups is 1. The van der Waals surface area contributed by atoms with Crippen molar-refractivity contribution in [2.24, 2.45) is 0 Å². The van der Waals surface area contributed by atoms with E-state index in [0.717, 1.165) is 5.69 Å². The van der Waals surface area contributed by atoms with Gasteiger partial charge in [0.1, 0.15) is 25.3 Å². The molecule has 0 fully saturated rings. The van der Waals surface area contributed by atoms with Crippen LogP contribution in [-0.4, -0.2) is 40.7 Å². The highest BCUT2D eigenvalue weighted by molar-refractivity contribution is 5.92. The summed E-state index contributed by atoms with van der Waals surface area (Å²) in [4.78, 5) is 12.1. The van der Waals surface area contributed by atoms with E-state index in [0.29, 0.717) is 36.1 Å². The van der Waals surface area contributed by atoms with Crippen molar-refractivity contribution in [1.29, 1.82) is 0 Å². The molecule has 0 saturated heterocycles. The van der Waals surface area contributed by atoms with Crippen molar-refractivity contribution in [3.8, 4) is 22.9 Å². The van der Waals surface area contributed by atoms with Gasteiger partial charge in [0.15, 0.2) is 18.1 Å². The van der Waals surface area contributed by atoms with Gasteiger partial charge in [0.25, 0.3) is 5.91 Å². The highest BCUT2D eigenvalue weighted by atomic mass is 16.6. The summed E-state index contributed by atoms with van der Waals surface area (Å²) in [6.45, 7) is 0.935. The molecule has 0 spiro atoms. The van der Waals surface area contributed by atoms with Crippen molar-refractivity contribution in [1.82, 2.24) is 15.0 Å². The zero-order valence-corrected chi connectivity index (χ0v) is 13.3. The zero-order chi connectivity index (χ0) is 17.1. The fourth-order valence-corrected chi connectivity index (χ4v) is 2.43. The maximum absolute atomic E-state index is 12.1. The molecular formula is C17H16N4O4. The van der Waals surface area contributed by atoms with Crippen LogP contribution in [0.2, 0.25) is 0 Å². The predicted molar refractivity (Wildman–Crippen MR) is 89.5 cm³/mol. The molecule has 0 unspecified atom stereocenters. The van der Waals surface area contributed by atoms with Crippen LogP contribution in [0.25, 0.3) is 5.69 Å². The molecule has 8 heteroatoms. The first kappa shape index (κ1) is 15.1. The third-order valence-corrected chi connectivity index (χ3v) is 3.63. The molecule has 0 saturated carbocycles. The number of benzene rings is 2. The molecule has 2 heterocycles. The fraction of sp³-hybridized carbons (Fsp3) is 0.176. The molecule has 0 bridgehead atoms. The van der Waals surface area contributed by atoms with Gasteiger partial charge < -0.3 is 19.5 Å². The van der Waals surface area contributed by atoms with Crippen LogP contribution >= 0.6 is 0 Å². The monoisotopic (exact) mass is 340 g/mol. The number of H-pyrrole nitrogens is 1. The number of nitrogens with one attached hydrogen (secondary N) is 2. The Kier molecular flexibility index (Phi) is 3.99.